The van der Waals surface area contributed by atoms with Gasteiger partial charge in [-0.05, 0) is 193 Å². The molecule has 9 rings (SSSR count). The first-order chi connectivity index (χ1) is 35.7. The molecule has 2 unspecified atom stereocenters. The number of rotatable bonds is 30. The van der Waals surface area contributed by atoms with Crippen molar-refractivity contribution >= 4 is 76.9 Å². The fourth-order valence-corrected chi connectivity index (χ4v) is 10.6. The first kappa shape index (κ1) is 51.5. The van der Waals surface area contributed by atoms with E-state index in [1.54, 1.807) is 7.11 Å². The Bertz CT molecular complexity index is 3160. The summed E-state index contributed by atoms with van der Waals surface area (Å²) in [7, 11) is 1.67. The van der Waals surface area contributed by atoms with Crippen LogP contribution >= 0.6 is 0 Å². The summed E-state index contributed by atoms with van der Waals surface area (Å²) < 4.78 is 37.5. The van der Waals surface area contributed by atoms with Crippen molar-refractivity contribution in [1.82, 2.24) is 0 Å². The molecule has 9 aromatic carbocycles. The van der Waals surface area contributed by atoms with Gasteiger partial charge in [-0.2, -0.15) is 0 Å². The molecular weight excluding hydrogens is 915 g/mol. The molecule has 0 bridgehead atoms. The van der Waals surface area contributed by atoms with Gasteiger partial charge in [-0.3, -0.25) is 4.79 Å². The van der Waals surface area contributed by atoms with Crippen molar-refractivity contribution in [3.63, 3.8) is 0 Å². The lowest BCUT2D eigenvalue weighted by Crippen LogP contribution is -2.17. The lowest BCUT2D eigenvalue weighted by molar-refractivity contribution is -0.137. The van der Waals surface area contributed by atoms with Gasteiger partial charge in [0.15, 0.2) is 0 Å². The lowest BCUT2D eigenvalue weighted by atomic mass is 9.92. The highest BCUT2D eigenvalue weighted by Crippen LogP contribution is 2.39. The monoisotopic (exact) mass is 983 g/mol. The third-order valence-corrected chi connectivity index (χ3v) is 14.0. The van der Waals surface area contributed by atoms with Crippen molar-refractivity contribution < 1.29 is 43.1 Å². The van der Waals surface area contributed by atoms with Gasteiger partial charge >= 0.3 is 5.97 Å². The van der Waals surface area contributed by atoms with Crippen molar-refractivity contribution in [2.75, 3.05) is 26.9 Å². The molecule has 10 nitrogen and oxygen atoms in total. The third-order valence-electron chi connectivity index (χ3n) is 14.0. The maximum Gasteiger partial charge on any atom is 0.303 e. The number of benzene rings is 9. The molecule has 0 radical (unpaired) electrons. The van der Waals surface area contributed by atoms with E-state index in [9.17, 15) is 9.59 Å². The molecule has 0 amide bonds. The maximum absolute atomic E-state index is 11.6. The van der Waals surface area contributed by atoms with Crippen LogP contribution in [-0.4, -0.2) is 50.3 Å². The van der Waals surface area contributed by atoms with Gasteiger partial charge in [0.25, 0.3) is 0 Å². The molecule has 2 atom stereocenters. The van der Waals surface area contributed by atoms with Crippen LogP contribution in [0.25, 0.3) is 64.6 Å². The molecule has 73 heavy (non-hydrogen) atoms. The Morgan fingerprint density at radius 3 is 1.26 bits per heavy atom. The molecule has 0 spiro atoms. The number of aldehydes is 1. The summed E-state index contributed by atoms with van der Waals surface area (Å²) in [6, 6.07) is 39.4. The van der Waals surface area contributed by atoms with E-state index in [-0.39, 0.29) is 18.4 Å². The molecule has 3 N–H and O–H groups in total. The molecular formula is C63H69NO9. The van der Waals surface area contributed by atoms with Crippen molar-refractivity contribution in [3.05, 3.63) is 143 Å². The first-order valence-electron chi connectivity index (χ1n) is 26.1. The Hall–Kier alpha value is -6.40. The van der Waals surface area contributed by atoms with Crippen LogP contribution in [-0.2, 0) is 68.2 Å². The van der Waals surface area contributed by atoms with E-state index in [1.165, 1.54) is 59.4 Å². The van der Waals surface area contributed by atoms with Crippen LogP contribution in [0.4, 0.5) is 0 Å². The predicted octanol–water partition coefficient (Wildman–Crippen LogP) is 14.1. The number of hydrogen-bond acceptors (Lipinski definition) is 9. The molecule has 9 aromatic rings. The molecule has 380 valence electrons. The van der Waals surface area contributed by atoms with Gasteiger partial charge in [0.05, 0.1) is 52.9 Å². The van der Waals surface area contributed by atoms with Gasteiger partial charge in [-0.1, -0.05) is 74.7 Å². The van der Waals surface area contributed by atoms with Crippen molar-refractivity contribution in [2.45, 2.75) is 117 Å². The molecule has 0 aliphatic rings. The molecule has 0 aliphatic heterocycles. The number of carbonyl (C=O) groups is 2. The van der Waals surface area contributed by atoms with Gasteiger partial charge in [0, 0.05) is 36.7 Å². The minimum absolute atomic E-state index is 0.140. The maximum atomic E-state index is 11.6. The molecule has 0 fully saturated rings. The minimum Gasteiger partial charge on any atom is -0.496 e. The fourth-order valence-electron chi connectivity index (χ4n) is 10.6. The van der Waals surface area contributed by atoms with E-state index in [1.807, 2.05) is 26.0 Å². The molecule has 0 heterocycles. The highest BCUT2D eigenvalue weighted by atomic mass is 16.5. The second kappa shape index (κ2) is 24.5. The summed E-state index contributed by atoms with van der Waals surface area (Å²) in [4.78, 5) is 22.4. The van der Waals surface area contributed by atoms with E-state index in [4.69, 9.17) is 39.3 Å². The standard InChI is InChI=1S/C63H69NO9/c1-41(34-65)23-42(2)73-58-33-55(39-71-37-45-28-51-16-12-49-26-44(36-70-22-10-6-7-11-59(66)67)27-50-13-17-52(29-45)62(51)61(49)50)57(68-3)32-56(58)40-72-38-46-30-53-18-14-47-24-43(35-69-21-9-5-4-8-20-64)25-48-15-19-54(31-46)63(53)60(47)48/h12-19,24-34,41-42H,4-11,20-23,35-40,64H2,1-3H3,(H,66,67). The van der Waals surface area contributed by atoms with Gasteiger partial charge in [0.1, 0.15) is 17.8 Å². The second-order valence-electron chi connectivity index (χ2n) is 20.0. The van der Waals surface area contributed by atoms with Crippen LogP contribution in [0.5, 0.6) is 11.5 Å². The average Bonchev–Trinajstić information content (AvgIpc) is 3.39. The topological polar surface area (TPSA) is 136 Å². The van der Waals surface area contributed by atoms with E-state index in [2.05, 4.69) is 97.1 Å². The number of aliphatic carboxylic acids is 1. The quantitative estimate of drug-likeness (QED) is 0.0255. The number of nitrogens with two attached hydrogens (primary N) is 1. The number of carboxylic acid groups (broad SMARTS) is 1. The summed E-state index contributed by atoms with van der Waals surface area (Å²) >= 11 is 0. The number of carboxylic acids is 1. The molecule has 0 aliphatic carbocycles. The number of hydrogen-bond donors (Lipinski definition) is 2. The zero-order valence-electron chi connectivity index (χ0n) is 42.6. The van der Waals surface area contributed by atoms with E-state index in [0.29, 0.717) is 70.6 Å². The highest BCUT2D eigenvalue weighted by molar-refractivity contribution is 6.24. The smallest absolute Gasteiger partial charge is 0.303 e. The zero-order chi connectivity index (χ0) is 50.7. The van der Waals surface area contributed by atoms with Crippen molar-refractivity contribution in [3.8, 4) is 11.5 Å². The molecule has 10 heteroatoms. The SMILES string of the molecule is COc1cc(COCc2cc3ccc4cc(COCCCCCCN)cc5ccc(c2)c3c45)c(OC(C)CC(C)C=O)cc1COCc1cc2ccc3cc(COCCCCCC(=O)O)cc4ccc(c1)c2c34. The highest BCUT2D eigenvalue weighted by Gasteiger charge is 2.19. The Kier molecular flexibility index (Phi) is 17.3. The first-order valence-corrected chi connectivity index (χ1v) is 26.1. The normalized spacial score (nSPS) is 12.8. The van der Waals surface area contributed by atoms with E-state index >= 15 is 0 Å². The Balaban J connectivity index is 0.859. The van der Waals surface area contributed by atoms with Gasteiger partial charge < -0.3 is 44.1 Å². The summed E-state index contributed by atoms with van der Waals surface area (Å²) in [5.41, 5.74) is 11.8. The molecule has 0 saturated heterocycles. The van der Waals surface area contributed by atoms with E-state index < -0.39 is 5.97 Å². The summed E-state index contributed by atoms with van der Waals surface area (Å²) in [6.45, 7) is 8.55. The summed E-state index contributed by atoms with van der Waals surface area (Å²) in [5, 5.41) is 23.4. The van der Waals surface area contributed by atoms with Crippen LogP contribution in [0.1, 0.15) is 105 Å². The number of ether oxygens (including phenoxy) is 6. The van der Waals surface area contributed by atoms with Gasteiger partial charge in [-0.15, -0.1) is 0 Å². The molecule has 0 saturated carbocycles. The second-order valence-corrected chi connectivity index (χ2v) is 20.0. The van der Waals surface area contributed by atoms with Crippen LogP contribution in [0.15, 0.2) is 109 Å². The number of unbranched alkanes of at least 4 members (excludes halogenated alkanes) is 5. The lowest BCUT2D eigenvalue weighted by Gasteiger charge is -2.21. The fraction of sp³-hybridized carbons (Fsp3) is 0.365. The minimum atomic E-state index is -0.749. The van der Waals surface area contributed by atoms with Gasteiger partial charge in [0.2, 0.25) is 0 Å². The zero-order valence-corrected chi connectivity index (χ0v) is 42.6. The Morgan fingerprint density at radius 1 is 0.507 bits per heavy atom. The van der Waals surface area contributed by atoms with Crippen LogP contribution in [0.3, 0.4) is 0 Å². The molecule has 0 aromatic heterocycles. The average molecular weight is 984 g/mol. The third kappa shape index (κ3) is 12.7. The van der Waals surface area contributed by atoms with E-state index in [0.717, 1.165) is 96.6 Å². The van der Waals surface area contributed by atoms with Crippen molar-refractivity contribution in [2.24, 2.45) is 11.7 Å². The Labute approximate surface area is 428 Å². The number of carbonyl (C=O) groups excluding carboxylic acids is 1. The Morgan fingerprint density at radius 2 is 0.877 bits per heavy atom. The van der Waals surface area contributed by atoms with Crippen LogP contribution in [0, 0.1) is 5.92 Å². The van der Waals surface area contributed by atoms with Gasteiger partial charge in [-0.25, -0.2) is 0 Å². The summed E-state index contributed by atoms with van der Waals surface area (Å²) in [5.74, 6) is 0.477. The summed E-state index contributed by atoms with van der Waals surface area (Å²) in [6.07, 6.45) is 8.36. The van der Waals surface area contributed by atoms with Crippen LogP contribution < -0.4 is 15.2 Å². The van der Waals surface area contributed by atoms with Crippen molar-refractivity contribution in [1.29, 1.82) is 0 Å². The predicted molar refractivity (Wildman–Crippen MR) is 293 cm³/mol. The number of methoxy groups -OCH3 is 1. The largest absolute Gasteiger partial charge is 0.496 e. The van der Waals surface area contributed by atoms with Crippen LogP contribution in [0.2, 0.25) is 0 Å².